The fourth-order valence-corrected chi connectivity index (χ4v) is 2.86. The molecule has 2 heterocycles. The number of H-pyrrole nitrogens is 1. The number of benzene rings is 1. The van der Waals surface area contributed by atoms with Gasteiger partial charge in [0.15, 0.2) is 5.82 Å². The third-order valence-electron chi connectivity index (χ3n) is 3.33. The fraction of sp³-hybridized carbons (Fsp3) is 0.133. The van der Waals surface area contributed by atoms with Gasteiger partial charge in [-0.15, -0.1) is 0 Å². The average molecular weight is 322 g/mol. The molecule has 0 aliphatic rings. The summed E-state index contributed by atoms with van der Waals surface area (Å²) in [6, 6.07) is 7.18. The standard InChI is InChI=1S/C15H13Cl2N3O/c1-2-12-10(5-6-21-12)14-13(15(18)20-19-14)9-4-3-8(16)7-11(9)17/h3-7H,2H2,1H3,(H3,18,19,20). The highest BCUT2D eigenvalue weighted by Gasteiger charge is 2.20. The number of aromatic amines is 1. The van der Waals surface area contributed by atoms with E-state index in [0.717, 1.165) is 34.6 Å². The predicted octanol–water partition coefficient (Wildman–Crippen LogP) is 4.79. The Hall–Kier alpha value is -1.91. The second-order valence-corrected chi connectivity index (χ2v) is 5.44. The van der Waals surface area contributed by atoms with Crippen LogP contribution in [-0.4, -0.2) is 10.2 Å². The molecule has 0 aliphatic carbocycles. The largest absolute Gasteiger partial charge is 0.469 e. The maximum atomic E-state index is 6.29. The van der Waals surface area contributed by atoms with Crippen molar-refractivity contribution < 1.29 is 4.42 Å². The minimum Gasteiger partial charge on any atom is -0.469 e. The Morgan fingerprint density at radius 1 is 1.24 bits per heavy atom. The first kappa shape index (κ1) is 14.0. The van der Waals surface area contributed by atoms with Gasteiger partial charge >= 0.3 is 0 Å². The molecule has 3 rings (SSSR count). The van der Waals surface area contributed by atoms with E-state index >= 15 is 0 Å². The molecular weight excluding hydrogens is 309 g/mol. The molecule has 0 amide bonds. The lowest BCUT2D eigenvalue weighted by molar-refractivity contribution is 0.517. The number of nitrogens with one attached hydrogen (secondary N) is 1. The molecule has 6 heteroatoms. The van der Waals surface area contributed by atoms with Gasteiger partial charge in [0.05, 0.1) is 22.5 Å². The van der Waals surface area contributed by atoms with Crippen LogP contribution in [0, 0.1) is 0 Å². The van der Waals surface area contributed by atoms with Crippen molar-refractivity contribution >= 4 is 29.0 Å². The monoisotopic (exact) mass is 321 g/mol. The van der Waals surface area contributed by atoms with Crippen LogP contribution < -0.4 is 5.73 Å². The molecule has 0 spiro atoms. The lowest BCUT2D eigenvalue weighted by Gasteiger charge is -2.07. The van der Waals surface area contributed by atoms with Crippen LogP contribution in [-0.2, 0) is 6.42 Å². The van der Waals surface area contributed by atoms with Gasteiger partial charge < -0.3 is 10.2 Å². The van der Waals surface area contributed by atoms with Crippen LogP contribution >= 0.6 is 23.2 Å². The summed E-state index contributed by atoms with van der Waals surface area (Å²) in [6.45, 7) is 2.02. The number of nitrogens with zero attached hydrogens (tertiary/aromatic N) is 1. The van der Waals surface area contributed by atoms with Crippen molar-refractivity contribution in [1.82, 2.24) is 10.2 Å². The summed E-state index contributed by atoms with van der Waals surface area (Å²) in [5, 5.41) is 8.17. The lowest BCUT2D eigenvalue weighted by atomic mass is 10.0. The van der Waals surface area contributed by atoms with Gasteiger partial charge in [0.1, 0.15) is 5.76 Å². The zero-order valence-electron chi connectivity index (χ0n) is 11.3. The molecule has 21 heavy (non-hydrogen) atoms. The smallest absolute Gasteiger partial charge is 0.153 e. The molecule has 1 aromatic carbocycles. The number of aryl methyl sites for hydroxylation is 1. The van der Waals surface area contributed by atoms with Gasteiger partial charge in [0.25, 0.3) is 0 Å². The molecule has 2 aromatic heterocycles. The predicted molar refractivity (Wildman–Crippen MR) is 85.5 cm³/mol. The third kappa shape index (κ3) is 2.41. The average Bonchev–Trinajstić information content (AvgIpc) is 3.05. The van der Waals surface area contributed by atoms with Crippen LogP contribution in [0.25, 0.3) is 22.4 Å². The Balaban J connectivity index is 2.22. The minimum absolute atomic E-state index is 0.387. The number of nitrogen functional groups attached to an aromatic ring is 1. The van der Waals surface area contributed by atoms with E-state index < -0.39 is 0 Å². The highest BCUT2D eigenvalue weighted by atomic mass is 35.5. The van der Waals surface area contributed by atoms with Crippen molar-refractivity contribution in [3.63, 3.8) is 0 Å². The summed E-state index contributed by atoms with van der Waals surface area (Å²) in [5.41, 5.74) is 9.28. The van der Waals surface area contributed by atoms with Crippen molar-refractivity contribution in [2.24, 2.45) is 0 Å². The lowest BCUT2D eigenvalue weighted by Crippen LogP contribution is -1.90. The number of hydrogen-bond acceptors (Lipinski definition) is 3. The number of furan rings is 1. The Morgan fingerprint density at radius 3 is 2.76 bits per heavy atom. The summed E-state index contributed by atoms with van der Waals surface area (Å²) in [5.74, 6) is 1.25. The van der Waals surface area contributed by atoms with Crippen LogP contribution in [0.4, 0.5) is 5.82 Å². The molecule has 3 N–H and O–H groups in total. The van der Waals surface area contributed by atoms with E-state index in [4.69, 9.17) is 33.4 Å². The first-order chi connectivity index (χ1) is 10.1. The van der Waals surface area contributed by atoms with Gasteiger partial charge in [0, 0.05) is 22.6 Å². The summed E-state index contributed by atoms with van der Waals surface area (Å²) >= 11 is 12.2. The zero-order chi connectivity index (χ0) is 15.0. The van der Waals surface area contributed by atoms with Crippen molar-refractivity contribution in [3.05, 3.63) is 46.3 Å². The molecule has 108 valence electrons. The molecule has 0 bridgehead atoms. The van der Waals surface area contributed by atoms with E-state index in [-0.39, 0.29) is 0 Å². The Morgan fingerprint density at radius 2 is 2.05 bits per heavy atom. The second kappa shape index (κ2) is 5.47. The van der Waals surface area contributed by atoms with Crippen molar-refractivity contribution in [1.29, 1.82) is 0 Å². The van der Waals surface area contributed by atoms with E-state index in [2.05, 4.69) is 10.2 Å². The van der Waals surface area contributed by atoms with E-state index in [0.29, 0.717) is 15.9 Å². The molecule has 0 saturated carbocycles. The summed E-state index contributed by atoms with van der Waals surface area (Å²) < 4.78 is 5.48. The maximum absolute atomic E-state index is 6.29. The van der Waals surface area contributed by atoms with Crippen LogP contribution in [0.1, 0.15) is 12.7 Å². The number of halogens is 2. The molecule has 0 unspecified atom stereocenters. The number of anilines is 1. The van der Waals surface area contributed by atoms with Crippen molar-refractivity contribution in [2.75, 3.05) is 5.73 Å². The SMILES string of the molecule is CCc1occc1-c1[nH]nc(N)c1-c1ccc(Cl)cc1Cl. The zero-order valence-corrected chi connectivity index (χ0v) is 12.8. The number of aromatic nitrogens is 2. The van der Waals surface area contributed by atoms with E-state index in [1.807, 2.05) is 19.1 Å². The Kier molecular flexibility index (Phi) is 3.66. The normalized spacial score (nSPS) is 11.0. The number of rotatable bonds is 3. The van der Waals surface area contributed by atoms with Crippen molar-refractivity contribution in [3.8, 4) is 22.4 Å². The highest BCUT2D eigenvalue weighted by Crippen LogP contribution is 2.40. The Labute approximate surface area is 131 Å². The van der Waals surface area contributed by atoms with Crippen LogP contribution in [0.15, 0.2) is 34.9 Å². The molecule has 0 saturated heterocycles. The third-order valence-corrected chi connectivity index (χ3v) is 3.88. The fourth-order valence-electron chi connectivity index (χ4n) is 2.35. The van der Waals surface area contributed by atoms with Gasteiger partial charge in [-0.3, -0.25) is 5.10 Å². The second-order valence-electron chi connectivity index (χ2n) is 4.59. The first-order valence-electron chi connectivity index (χ1n) is 6.47. The topological polar surface area (TPSA) is 67.8 Å². The molecule has 0 atom stereocenters. The maximum Gasteiger partial charge on any atom is 0.153 e. The molecule has 0 aliphatic heterocycles. The minimum atomic E-state index is 0.387. The molecule has 3 aromatic rings. The summed E-state index contributed by atoms with van der Waals surface area (Å²) in [4.78, 5) is 0. The van der Waals surface area contributed by atoms with Crippen molar-refractivity contribution in [2.45, 2.75) is 13.3 Å². The van der Waals surface area contributed by atoms with Crippen LogP contribution in [0.3, 0.4) is 0 Å². The van der Waals surface area contributed by atoms with Gasteiger partial charge in [-0.1, -0.05) is 36.2 Å². The van der Waals surface area contributed by atoms with Gasteiger partial charge in [0.2, 0.25) is 0 Å². The van der Waals surface area contributed by atoms with Gasteiger partial charge in [-0.2, -0.15) is 5.10 Å². The van der Waals surface area contributed by atoms with E-state index in [9.17, 15) is 0 Å². The van der Waals surface area contributed by atoms with Gasteiger partial charge in [-0.25, -0.2) is 0 Å². The van der Waals surface area contributed by atoms with E-state index in [1.54, 1.807) is 18.4 Å². The molecular formula is C15H13Cl2N3O. The summed E-state index contributed by atoms with van der Waals surface area (Å²) in [6.07, 6.45) is 2.42. The van der Waals surface area contributed by atoms with E-state index in [1.165, 1.54) is 0 Å². The first-order valence-corrected chi connectivity index (χ1v) is 7.23. The highest BCUT2D eigenvalue weighted by molar-refractivity contribution is 6.36. The van der Waals surface area contributed by atoms with Gasteiger partial charge in [-0.05, 0) is 18.2 Å². The molecule has 0 radical (unpaired) electrons. The molecule has 4 nitrogen and oxygen atoms in total. The summed E-state index contributed by atoms with van der Waals surface area (Å²) in [7, 11) is 0. The number of hydrogen-bond donors (Lipinski definition) is 2. The quantitative estimate of drug-likeness (QED) is 0.728. The van der Waals surface area contributed by atoms with Crippen LogP contribution in [0.2, 0.25) is 10.0 Å². The Bertz CT molecular complexity index is 792. The number of nitrogens with two attached hydrogens (primary N) is 1. The van der Waals surface area contributed by atoms with Crippen LogP contribution in [0.5, 0.6) is 0 Å². The molecule has 0 fully saturated rings.